The van der Waals surface area contributed by atoms with E-state index in [0.717, 1.165) is 51.1 Å². The minimum absolute atomic E-state index is 0.121. The lowest BCUT2D eigenvalue weighted by molar-refractivity contribution is -0.126. The maximum absolute atomic E-state index is 12.2. The average Bonchev–Trinajstić information content (AvgIpc) is 3.14. The van der Waals surface area contributed by atoms with Gasteiger partial charge in [-0.25, -0.2) is 9.67 Å². The number of likely N-dealkylation sites (tertiary alicyclic amines) is 1. The number of carbonyl (C=O) groups excluding carboxylic acids is 1. The molecule has 0 spiro atoms. The number of hydrogen-bond acceptors (Lipinski definition) is 4. The molecule has 2 aromatic rings. The van der Waals surface area contributed by atoms with Gasteiger partial charge < -0.3 is 5.32 Å². The highest BCUT2D eigenvalue weighted by molar-refractivity contribution is 5.78. The predicted octanol–water partition coefficient (Wildman–Crippen LogP) is 2.31. The second kappa shape index (κ2) is 8.25. The minimum Gasteiger partial charge on any atom is -0.356 e. The molecule has 1 saturated heterocycles. The van der Waals surface area contributed by atoms with Crippen LogP contribution < -0.4 is 5.32 Å². The molecule has 1 aliphatic rings. The molecule has 3 rings (SSSR count). The molecule has 0 radical (unpaired) electrons. The fourth-order valence-corrected chi connectivity index (χ4v) is 3.47. The zero-order chi connectivity index (χ0) is 17.6. The number of rotatable bonds is 6. The summed E-state index contributed by atoms with van der Waals surface area (Å²) in [7, 11) is 0. The van der Waals surface area contributed by atoms with Crippen LogP contribution in [0.15, 0.2) is 30.9 Å². The Morgan fingerprint density at radius 3 is 3.00 bits per heavy atom. The van der Waals surface area contributed by atoms with Crippen molar-refractivity contribution in [1.29, 1.82) is 0 Å². The van der Waals surface area contributed by atoms with Gasteiger partial charge in [-0.3, -0.25) is 9.69 Å². The van der Waals surface area contributed by atoms with Gasteiger partial charge in [-0.05, 0) is 49.9 Å². The van der Waals surface area contributed by atoms with Gasteiger partial charge in [-0.2, -0.15) is 5.10 Å². The van der Waals surface area contributed by atoms with Crippen molar-refractivity contribution in [3.05, 3.63) is 42.0 Å². The molecule has 134 valence electrons. The molecule has 1 aliphatic heterocycles. The maximum Gasteiger partial charge on any atom is 0.224 e. The number of nitrogens with zero attached hydrogens (tertiary/aromatic N) is 4. The Bertz CT molecular complexity index is 698. The van der Waals surface area contributed by atoms with Gasteiger partial charge >= 0.3 is 0 Å². The molecule has 6 heteroatoms. The predicted molar refractivity (Wildman–Crippen MR) is 97.4 cm³/mol. The molecule has 1 fully saturated rings. The van der Waals surface area contributed by atoms with Crippen molar-refractivity contribution in [2.24, 2.45) is 5.92 Å². The molecular formula is C19H27N5O. The summed E-state index contributed by atoms with van der Waals surface area (Å²) in [5.41, 5.74) is 3.50. The minimum atomic E-state index is 0.121. The smallest absolute Gasteiger partial charge is 0.224 e. The topological polar surface area (TPSA) is 63.1 Å². The van der Waals surface area contributed by atoms with Gasteiger partial charge in [0.15, 0.2) is 0 Å². The van der Waals surface area contributed by atoms with Crippen LogP contribution in [0.3, 0.4) is 0 Å². The summed E-state index contributed by atoms with van der Waals surface area (Å²) in [4.78, 5) is 18.6. The summed E-state index contributed by atoms with van der Waals surface area (Å²) in [6.45, 7) is 7.74. The number of benzene rings is 1. The van der Waals surface area contributed by atoms with Crippen LogP contribution in [0, 0.1) is 12.8 Å². The molecule has 0 saturated carbocycles. The second-order valence-electron chi connectivity index (χ2n) is 6.83. The number of aromatic nitrogens is 3. The molecule has 0 aliphatic carbocycles. The first-order valence-corrected chi connectivity index (χ1v) is 9.12. The Morgan fingerprint density at radius 2 is 2.28 bits per heavy atom. The Balaban J connectivity index is 1.62. The Kier molecular flexibility index (Phi) is 5.81. The summed E-state index contributed by atoms with van der Waals surface area (Å²) in [5.74, 6) is 0.333. The third-order valence-corrected chi connectivity index (χ3v) is 4.76. The molecule has 1 amide bonds. The number of piperidine rings is 1. The lowest BCUT2D eigenvalue weighted by Crippen LogP contribution is -2.42. The number of amides is 1. The van der Waals surface area contributed by atoms with Gasteiger partial charge in [0.2, 0.25) is 5.91 Å². The lowest BCUT2D eigenvalue weighted by Gasteiger charge is -2.32. The van der Waals surface area contributed by atoms with E-state index in [9.17, 15) is 4.79 Å². The summed E-state index contributed by atoms with van der Waals surface area (Å²) >= 11 is 0. The Hall–Kier alpha value is -2.21. The summed E-state index contributed by atoms with van der Waals surface area (Å²) in [6.07, 6.45) is 6.33. The number of aryl methyl sites for hydroxylation is 1. The van der Waals surface area contributed by atoms with Gasteiger partial charge in [-0.1, -0.05) is 19.1 Å². The fraction of sp³-hybridized carbons (Fsp3) is 0.526. The van der Waals surface area contributed by atoms with Gasteiger partial charge in [-0.15, -0.1) is 0 Å². The molecule has 1 N–H and O–H groups in total. The molecule has 6 nitrogen and oxygen atoms in total. The Morgan fingerprint density at radius 1 is 1.40 bits per heavy atom. The lowest BCUT2D eigenvalue weighted by atomic mass is 9.96. The third-order valence-electron chi connectivity index (χ3n) is 4.76. The molecule has 0 bridgehead atoms. The van der Waals surface area contributed by atoms with Crippen LogP contribution in [0.25, 0.3) is 5.69 Å². The molecular weight excluding hydrogens is 314 g/mol. The quantitative estimate of drug-likeness (QED) is 0.876. The highest BCUT2D eigenvalue weighted by Crippen LogP contribution is 2.21. The largest absolute Gasteiger partial charge is 0.356 e. The van der Waals surface area contributed by atoms with Crippen molar-refractivity contribution in [3.8, 4) is 5.69 Å². The van der Waals surface area contributed by atoms with E-state index in [1.807, 2.05) is 0 Å². The zero-order valence-electron chi connectivity index (χ0n) is 15.1. The summed E-state index contributed by atoms with van der Waals surface area (Å²) in [5, 5.41) is 7.23. The van der Waals surface area contributed by atoms with Crippen molar-refractivity contribution >= 4 is 5.91 Å². The summed E-state index contributed by atoms with van der Waals surface area (Å²) < 4.78 is 1.79. The molecule has 25 heavy (non-hydrogen) atoms. The summed E-state index contributed by atoms with van der Waals surface area (Å²) in [6, 6.07) is 6.44. The first-order valence-electron chi connectivity index (χ1n) is 9.12. The molecule has 1 aromatic carbocycles. The first-order chi connectivity index (χ1) is 12.2. The SMILES string of the molecule is CCCNC(=O)[C@@H]1CCCN(Cc2ccc(-n3cncn3)c(C)c2)C1. The van der Waals surface area contributed by atoms with E-state index in [0.29, 0.717) is 0 Å². The van der Waals surface area contributed by atoms with E-state index >= 15 is 0 Å². The van der Waals surface area contributed by atoms with Gasteiger partial charge in [0.05, 0.1) is 11.6 Å². The van der Waals surface area contributed by atoms with E-state index in [1.165, 1.54) is 11.1 Å². The van der Waals surface area contributed by atoms with E-state index in [1.54, 1.807) is 17.3 Å². The van der Waals surface area contributed by atoms with Crippen LogP contribution in [0.2, 0.25) is 0 Å². The monoisotopic (exact) mass is 341 g/mol. The van der Waals surface area contributed by atoms with Crippen molar-refractivity contribution in [1.82, 2.24) is 25.0 Å². The average molecular weight is 341 g/mol. The number of carbonyl (C=O) groups is 1. The van der Waals surface area contributed by atoms with Crippen LogP contribution >= 0.6 is 0 Å². The molecule has 1 atom stereocenters. The van der Waals surface area contributed by atoms with Gasteiger partial charge in [0.25, 0.3) is 0 Å². The van der Waals surface area contributed by atoms with Crippen molar-refractivity contribution in [2.45, 2.75) is 39.7 Å². The zero-order valence-corrected chi connectivity index (χ0v) is 15.1. The highest BCUT2D eigenvalue weighted by Gasteiger charge is 2.25. The van der Waals surface area contributed by atoms with Crippen LogP contribution in [-0.2, 0) is 11.3 Å². The van der Waals surface area contributed by atoms with Crippen LogP contribution in [0.4, 0.5) is 0 Å². The standard InChI is InChI=1S/C19H27N5O/c1-3-8-21-19(25)17-5-4-9-23(12-17)11-16-6-7-18(15(2)10-16)24-14-20-13-22-24/h6-7,10,13-14,17H,3-5,8-9,11-12H2,1-2H3,(H,21,25)/t17-/m1/s1. The fourth-order valence-electron chi connectivity index (χ4n) is 3.47. The maximum atomic E-state index is 12.2. The van der Waals surface area contributed by atoms with Gasteiger partial charge in [0.1, 0.15) is 12.7 Å². The second-order valence-corrected chi connectivity index (χ2v) is 6.83. The van der Waals surface area contributed by atoms with Crippen LogP contribution in [-0.4, -0.2) is 45.2 Å². The molecule has 0 unspecified atom stereocenters. The van der Waals surface area contributed by atoms with E-state index in [2.05, 4.69) is 52.3 Å². The third kappa shape index (κ3) is 4.45. The molecule has 2 heterocycles. The van der Waals surface area contributed by atoms with Crippen LogP contribution in [0.1, 0.15) is 37.3 Å². The van der Waals surface area contributed by atoms with Crippen molar-refractivity contribution < 1.29 is 4.79 Å². The first kappa shape index (κ1) is 17.6. The highest BCUT2D eigenvalue weighted by atomic mass is 16.1. The van der Waals surface area contributed by atoms with E-state index in [4.69, 9.17) is 0 Å². The Labute approximate surface area is 149 Å². The van der Waals surface area contributed by atoms with E-state index < -0.39 is 0 Å². The van der Waals surface area contributed by atoms with Crippen molar-refractivity contribution in [3.63, 3.8) is 0 Å². The number of hydrogen-bond donors (Lipinski definition) is 1. The molecule has 1 aromatic heterocycles. The normalized spacial score (nSPS) is 18.2. The van der Waals surface area contributed by atoms with Crippen molar-refractivity contribution in [2.75, 3.05) is 19.6 Å². The van der Waals surface area contributed by atoms with Gasteiger partial charge in [0, 0.05) is 19.6 Å². The van der Waals surface area contributed by atoms with E-state index in [-0.39, 0.29) is 11.8 Å². The number of nitrogens with one attached hydrogen (secondary N) is 1. The van der Waals surface area contributed by atoms with Crippen LogP contribution in [0.5, 0.6) is 0 Å².